The molecule has 0 atom stereocenters. The van der Waals surface area contributed by atoms with E-state index < -0.39 is 0 Å². The van der Waals surface area contributed by atoms with Crippen molar-refractivity contribution in [3.63, 3.8) is 0 Å². The zero-order valence-electron chi connectivity index (χ0n) is 15.0. The molecule has 1 fully saturated rings. The van der Waals surface area contributed by atoms with Crippen LogP contribution in [0.4, 0.5) is 0 Å². The van der Waals surface area contributed by atoms with Crippen molar-refractivity contribution in [3.05, 3.63) is 50.7 Å². The summed E-state index contributed by atoms with van der Waals surface area (Å²) in [4.78, 5) is 27.3. The number of aromatic nitrogens is 3. The Balaban J connectivity index is 1.46. The van der Waals surface area contributed by atoms with E-state index in [1.54, 1.807) is 28.9 Å². The minimum absolute atomic E-state index is 0.204. The molecule has 0 bridgehead atoms. The van der Waals surface area contributed by atoms with E-state index in [0.717, 1.165) is 50.4 Å². The maximum absolute atomic E-state index is 12.5. The Morgan fingerprint density at radius 3 is 2.65 bits per heavy atom. The highest BCUT2D eigenvalue weighted by atomic mass is 32.1. The third-order valence-electron chi connectivity index (χ3n) is 4.86. The molecule has 3 heterocycles. The van der Waals surface area contributed by atoms with Gasteiger partial charge in [0.2, 0.25) is 0 Å². The molecule has 0 radical (unpaired) electrons. The second kappa shape index (κ2) is 7.37. The maximum Gasteiger partial charge on any atom is 0.167 e. The van der Waals surface area contributed by atoms with Crippen LogP contribution in [0.1, 0.15) is 57.4 Å². The Labute approximate surface area is 161 Å². The number of pyridine rings is 1. The molecule has 1 aliphatic rings. The second-order valence-electron chi connectivity index (χ2n) is 6.83. The van der Waals surface area contributed by atoms with E-state index in [2.05, 4.69) is 15.3 Å². The van der Waals surface area contributed by atoms with E-state index in [1.165, 1.54) is 12.8 Å². The van der Waals surface area contributed by atoms with Crippen LogP contribution in [0.5, 0.6) is 0 Å². The molecule has 0 aromatic carbocycles. The fourth-order valence-electron chi connectivity index (χ4n) is 3.52. The molecule has 134 valence electrons. The monoisotopic (exact) mass is 383 g/mol. The summed E-state index contributed by atoms with van der Waals surface area (Å²) in [7, 11) is 0. The van der Waals surface area contributed by atoms with Crippen molar-refractivity contribution in [2.75, 3.05) is 0 Å². The number of ketones is 1. The van der Waals surface area contributed by atoms with Gasteiger partial charge in [-0.1, -0.05) is 12.8 Å². The van der Waals surface area contributed by atoms with Crippen molar-refractivity contribution in [2.24, 2.45) is 5.92 Å². The van der Waals surface area contributed by atoms with Gasteiger partial charge >= 0.3 is 0 Å². The standard InChI is InChI=1S/C20H21N3OS2/c1-12-20(26-13(2)22-12)17-11-25-18(23-17)9-16-8-7-15(10-21-16)19(24)14-5-3-4-6-14/h7-8,10-11,14H,3-6,9H2,1-2H3. The minimum atomic E-state index is 0.204. The highest BCUT2D eigenvalue weighted by Crippen LogP contribution is 2.31. The van der Waals surface area contributed by atoms with Crippen molar-refractivity contribution in [1.29, 1.82) is 0 Å². The zero-order valence-corrected chi connectivity index (χ0v) is 16.6. The molecular formula is C20H21N3OS2. The lowest BCUT2D eigenvalue weighted by Gasteiger charge is -2.07. The summed E-state index contributed by atoms with van der Waals surface area (Å²) >= 11 is 3.33. The van der Waals surface area contributed by atoms with Crippen LogP contribution in [0.25, 0.3) is 10.6 Å². The van der Waals surface area contributed by atoms with Crippen LogP contribution in [0.15, 0.2) is 23.7 Å². The van der Waals surface area contributed by atoms with Gasteiger partial charge in [-0.05, 0) is 38.8 Å². The smallest absolute Gasteiger partial charge is 0.167 e. The average molecular weight is 384 g/mol. The van der Waals surface area contributed by atoms with E-state index in [4.69, 9.17) is 4.98 Å². The third kappa shape index (κ3) is 3.62. The molecular weight excluding hydrogens is 362 g/mol. The third-order valence-corrected chi connectivity index (χ3v) is 6.80. The quantitative estimate of drug-likeness (QED) is 0.565. The van der Waals surface area contributed by atoms with Gasteiger partial charge in [0.05, 0.1) is 26.3 Å². The summed E-state index contributed by atoms with van der Waals surface area (Å²) in [5.74, 6) is 0.462. The van der Waals surface area contributed by atoms with Crippen LogP contribution in [-0.4, -0.2) is 20.7 Å². The topological polar surface area (TPSA) is 55.7 Å². The van der Waals surface area contributed by atoms with Gasteiger partial charge in [0.1, 0.15) is 0 Å². The van der Waals surface area contributed by atoms with Crippen LogP contribution in [0, 0.1) is 19.8 Å². The number of hydrogen-bond donors (Lipinski definition) is 0. The molecule has 0 unspecified atom stereocenters. The molecule has 0 amide bonds. The van der Waals surface area contributed by atoms with E-state index in [9.17, 15) is 4.79 Å². The number of carbonyl (C=O) groups excluding carboxylic acids is 1. The lowest BCUT2D eigenvalue weighted by Crippen LogP contribution is -2.11. The number of aryl methyl sites for hydroxylation is 2. The first-order chi connectivity index (χ1) is 12.6. The van der Waals surface area contributed by atoms with Crippen molar-refractivity contribution < 1.29 is 4.79 Å². The summed E-state index contributed by atoms with van der Waals surface area (Å²) < 4.78 is 0. The molecule has 3 aromatic heterocycles. The summed E-state index contributed by atoms with van der Waals surface area (Å²) in [6, 6.07) is 3.89. The predicted molar refractivity (Wildman–Crippen MR) is 106 cm³/mol. The molecule has 3 aromatic rings. The lowest BCUT2D eigenvalue weighted by atomic mass is 9.97. The average Bonchev–Trinajstić information content (AvgIpc) is 3.36. The van der Waals surface area contributed by atoms with Crippen molar-refractivity contribution in [2.45, 2.75) is 46.0 Å². The van der Waals surface area contributed by atoms with Crippen LogP contribution < -0.4 is 0 Å². The Morgan fingerprint density at radius 1 is 1.19 bits per heavy atom. The van der Waals surface area contributed by atoms with E-state index in [1.807, 2.05) is 26.0 Å². The molecule has 0 saturated heterocycles. The van der Waals surface area contributed by atoms with Gasteiger partial charge < -0.3 is 0 Å². The molecule has 0 spiro atoms. The van der Waals surface area contributed by atoms with Crippen molar-refractivity contribution in [1.82, 2.24) is 15.0 Å². The molecule has 1 aliphatic carbocycles. The van der Waals surface area contributed by atoms with Gasteiger partial charge in [-0.15, -0.1) is 22.7 Å². The molecule has 4 rings (SSSR count). The second-order valence-corrected chi connectivity index (χ2v) is 8.98. The highest BCUT2D eigenvalue weighted by molar-refractivity contribution is 7.15. The number of nitrogens with zero attached hydrogens (tertiary/aromatic N) is 3. The first kappa shape index (κ1) is 17.5. The molecule has 4 nitrogen and oxygen atoms in total. The van der Waals surface area contributed by atoms with Crippen LogP contribution in [-0.2, 0) is 6.42 Å². The minimum Gasteiger partial charge on any atom is -0.294 e. The van der Waals surface area contributed by atoms with Gasteiger partial charge in [-0.2, -0.15) is 0 Å². The number of rotatable bonds is 5. The summed E-state index contributed by atoms with van der Waals surface area (Å²) in [5.41, 5.74) is 3.74. The van der Waals surface area contributed by atoms with E-state index >= 15 is 0 Å². The summed E-state index contributed by atoms with van der Waals surface area (Å²) in [6.07, 6.45) is 6.83. The molecule has 0 N–H and O–H groups in total. The summed E-state index contributed by atoms with van der Waals surface area (Å²) in [6.45, 7) is 4.05. The Hall–Kier alpha value is -1.92. The van der Waals surface area contributed by atoms with Crippen LogP contribution in [0.2, 0.25) is 0 Å². The molecule has 6 heteroatoms. The fraction of sp³-hybridized carbons (Fsp3) is 0.400. The first-order valence-electron chi connectivity index (χ1n) is 8.98. The van der Waals surface area contributed by atoms with Crippen LogP contribution in [0.3, 0.4) is 0 Å². The number of thiazole rings is 2. The molecule has 1 saturated carbocycles. The zero-order chi connectivity index (χ0) is 18.1. The molecule has 0 aliphatic heterocycles. The Bertz CT molecular complexity index is 921. The predicted octanol–water partition coefficient (Wildman–Crippen LogP) is 5.24. The van der Waals surface area contributed by atoms with E-state index in [0.29, 0.717) is 6.42 Å². The van der Waals surface area contributed by atoms with Gasteiger partial charge in [-0.25, -0.2) is 9.97 Å². The van der Waals surface area contributed by atoms with Gasteiger partial charge in [0, 0.05) is 35.2 Å². The SMILES string of the molecule is Cc1nc(C)c(-c2csc(Cc3ccc(C(=O)C4CCCC4)cn3)n2)s1. The van der Waals surface area contributed by atoms with Crippen molar-refractivity contribution >= 4 is 28.5 Å². The normalized spacial score (nSPS) is 14.8. The van der Waals surface area contributed by atoms with E-state index in [-0.39, 0.29) is 11.7 Å². The Morgan fingerprint density at radius 2 is 2.00 bits per heavy atom. The number of Topliss-reactive ketones (excluding diaryl/α,β-unsaturated/α-hetero) is 1. The summed E-state index contributed by atoms with van der Waals surface area (Å²) in [5, 5.41) is 4.19. The van der Waals surface area contributed by atoms with Crippen LogP contribution >= 0.6 is 22.7 Å². The van der Waals surface area contributed by atoms with Crippen molar-refractivity contribution in [3.8, 4) is 10.6 Å². The fourth-order valence-corrected chi connectivity index (χ4v) is 5.27. The van der Waals surface area contributed by atoms with Gasteiger partial charge in [-0.3, -0.25) is 9.78 Å². The Kier molecular flexibility index (Phi) is 4.96. The first-order valence-corrected chi connectivity index (χ1v) is 10.7. The highest BCUT2D eigenvalue weighted by Gasteiger charge is 2.23. The lowest BCUT2D eigenvalue weighted by molar-refractivity contribution is 0.0922. The molecule has 26 heavy (non-hydrogen) atoms. The maximum atomic E-state index is 12.5. The largest absolute Gasteiger partial charge is 0.294 e. The number of carbonyl (C=O) groups is 1. The number of hydrogen-bond acceptors (Lipinski definition) is 6. The van der Waals surface area contributed by atoms with Gasteiger partial charge in [0.25, 0.3) is 0 Å². The van der Waals surface area contributed by atoms with Gasteiger partial charge in [0.15, 0.2) is 5.78 Å².